The van der Waals surface area contributed by atoms with Gasteiger partial charge >= 0.3 is 5.97 Å². The Morgan fingerprint density at radius 1 is 1.17 bits per heavy atom. The lowest BCUT2D eigenvalue weighted by Gasteiger charge is -2.11. The van der Waals surface area contributed by atoms with Gasteiger partial charge in [-0.15, -0.1) is 11.3 Å². The summed E-state index contributed by atoms with van der Waals surface area (Å²) in [4.78, 5) is 16.5. The monoisotopic (exact) mass is 518 g/mol. The van der Waals surface area contributed by atoms with E-state index >= 15 is 0 Å². The number of carbonyl (C=O) groups is 1. The Morgan fingerprint density at radius 2 is 1.92 bits per heavy atom. The van der Waals surface area contributed by atoms with E-state index in [1.807, 2.05) is 26.8 Å². The summed E-state index contributed by atoms with van der Waals surface area (Å²) in [6.07, 6.45) is -4.38. The third-order valence-electron chi connectivity index (χ3n) is 5.77. The number of carboxylic acids is 1. The van der Waals surface area contributed by atoms with Gasteiger partial charge in [0.2, 0.25) is 0 Å². The summed E-state index contributed by atoms with van der Waals surface area (Å²) < 4.78 is 51.3. The first kappa shape index (κ1) is 25.7. The fourth-order valence-corrected chi connectivity index (χ4v) is 5.27. The third-order valence-corrected chi connectivity index (χ3v) is 6.93. The first-order valence-corrected chi connectivity index (χ1v) is 12.2. The topological polar surface area (TPSA) is 85.5 Å². The van der Waals surface area contributed by atoms with Crippen LogP contribution in [0.4, 0.5) is 13.2 Å². The molecule has 0 aliphatic heterocycles. The number of nitrogens with zero attached hydrogens (tertiary/aromatic N) is 2. The van der Waals surface area contributed by atoms with E-state index in [0.29, 0.717) is 34.7 Å². The molecule has 0 saturated carbocycles. The molecule has 6 nitrogen and oxygen atoms in total. The molecule has 1 atom stereocenters. The molecule has 0 aliphatic rings. The number of hydrogen-bond donors (Lipinski definition) is 1. The molecule has 190 valence electrons. The smallest absolute Gasteiger partial charge is 0.341 e. The van der Waals surface area contributed by atoms with Gasteiger partial charge in [0.15, 0.2) is 18.4 Å². The van der Waals surface area contributed by atoms with Crippen molar-refractivity contribution in [3.63, 3.8) is 0 Å². The van der Waals surface area contributed by atoms with E-state index in [0.717, 1.165) is 27.2 Å². The van der Waals surface area contributed by atoms with Crippen LogP contribution in [0.2, 0.25) is 0 Å². The quantitative estimate of drug-likeness (QED) is 0.246. The van der Waals surface area contributed by atoms with Crippen LogP contribution in [-0.2, 0) is 17.6 Å². The number of aromatic nitrogens is 2. The number of hydrogen-bond acceptors (Lipinski definition) is 6. The Kier molecular flexibility index (Phi) is 7.63. The van der Waals surface area contributed by atoms with E-state index in [1.54, 1.807) is 24.3 Å². The normalized spacial score (nSPS) is 12.6. The van der Waals surface area contributed by atoms with Crippen LogP contribution in [0.5, 0.6) is 5.75 Å². The maximum Gasteiger partial charge on any atom is 0.341 e. The number of alkyl halides is 3. The first-order valence-electron chi connectivity index (χ1n) is 11.4. The van der Waals surface area contributed by atoms with Crippen LogP contribution in [0, 0.1) is 6.92 Å². The Balaban J connectivity index is 1.61. The number of ether oxygens (including phenoxy) is 1. The van der Waals surface area contributed by atoms with Crippen molar-refractivity contribution >= 4 is 28.3 Å². The van der Waals surface area contributed by atoms with Crippen molar-refractivity contribution in [2.24, 2.45) is 0 Å². The van der Waals surface area contributed by atoms with Gasteiger partial charge in [-0.25, -0.2) is 22.9 Å². The lowest BCUT2D eigenvalue weighted by atomic mass is 10.0. The fraction of sp³-hybridized carbons (Fsp3) is 0.346. The summed E-state index contributed by atoms with van der Waals surface area (Å²) in [5.74, 6) is -0.578. The van der Waals surface area contributed by atoms with Gasteiger partial charge in [-0.1, -0.05) is 43.3 Å². The molecule has 0 spiro atoms. The molecular formula is C26H25F3N2O4S. The van der Waals surface area contributed by atoms with Crippen LogP contribution in [0.3, 0.4) is 0 Å². The zero-order valence-corrected chi connectivity index (χ0v) is 20.7. The number of aliphatic carboxylic acids is 1. The first-order chi connectivity index (χ1) is 17.2. The van der Waals surface area contributed by atoms with Crippen molar-refractivity contribution < 1.29 is 32.3 Å². The molecular weight excluding hydrogens is 493 g/mol. The van der Waals surface area contributed by atoms with Crippen molar-refractivity contribution in [3.05, 3.63) is 63.8 Å². The van der Waals surface area contributed by atoms with Crippen molar-refractivity contribution in [3.8, 4) is 16.3 Å². The van der Waals surface area contributed by atoms with Crippen molar-refractivity contribution in [1.82, 2.24) is 10.1 Å². The van der Waals surface area contributed by atoms with E-state index in [9.17, 15) is 18.0 Å². The van der Waals surface area contributed by atoms with Gasteiger partial charge in [0.05, 0.1) is 11.4 Å². The number of aryl methyl sites for hydroxylation is 3. The average Bonchev–Trinajstić information content (AvgIpc) is 3.44. The predicted octanol–water partition coefficient (Wildman–Crippen LogP) is 6.91. The van der Waals surface area contributed by atoms with Crippen LogP contribution in [0.25, 0.3) is 21.5 Å². The minimum Gasteiger partial charge on any atom is -0.481 e. The van der Waals surface area contributed by atoms with E-state index in [1.165, 1.54) is 17.4 Å². The van der Waals surface area contributed by atoms with Crippen molar-refractivity contribution in [2.75, 3.05) is 6.61 Å². The molecule has 0 bridgehead atoms. The number of thiazole rings is 1. The summed E-state index contributed by atoms with van der Waals surface area (Å²) in [5, 5.41) is 14.3. The molecule has 4 aromatic rings. The van der Waals surface area contributed by atoms with E-state index in [4.69, 9.17) is 19.4 Å². The number of halogens is 3. The minimum absolute atomic E-state index is 0.0676. The second kappa shape index (κ2) is 10.7. The van der Waals surface area contributed by atoms with E-state index < -0.39 is 25.2 Å². The van der Waals surface area contributed by atoms with Crippen LogP contribution in [0.15, 0.2) is 40.9 Å². The third kappa shape index (κ3) is 5.38. The zero-order valence-electron chi connectivity index (χ0n) is 19.9. The molecule has 36 heavy (non-hydrogen) atoms. The highest BCUT2D eigenvalue weighted by molar-refractivity contribution is 7.15. The Labute approximate surface area is 209 Å². The summed E-state index contributed by atoms with van der Waals surface area (Å²) in [6.45, 7) is 5.36. The lowest BCUT2D eigenvalue weighted by Crippen LogP contribution is -2.10. The van der Waals surface area contributed by atoms with Gasteiger partial charge in [-0.05, 0) is 37.3 Å². The molecule has 0 fully saturated rings. The van der Waals surface area contributed by atoms with E-state index in [2.05, 4.69) is 5.16 Å². The largest absolute Gasteiger partial charge is 0.481 e. The minimum atomic E-state index is -3.12. The van der Waals surface area contributed by atoms with Gasteiger partial charge in [0.25, 0.3) is 6.43 Å². The number of rotatable bonds is 10. The number of fused-ring (bicyclic) bond motifs is 1. The highest BCUT2D eigenvalue weighted by Crippen LogP contribution is 2.38. The van der Waals surface area contributed by atoms with Crippen LogP contribution in [0.1, 0.15) is 53.3 Å². The molecule has 4 rings (SSSR count). The van der Waals surface area contributed by atoms with Gasteiger partial charge in [-0.3, -0.25) is 0 Å². The van der Waals surface area contributed by atoms with Crippen LogP contribution < -0.4 is 4.74 Å². The summed E-state index contributed by atoms with van der Waals surface area (Å²) in [7, 11) is 0. The molecule has 0 amide bonds. The highest BCUT2D eigenvalue weighted by Gasteiger charge is 2.26. The fourth-order valence-electron chi connectivity index (χ4n) is 4.01. The Morgan fingerprint density at radius 3 is 2.61 bits per heavy atom. The Bertz CT molecular complexity index is 1380. The highest BCUT2D eigenvalue weighted by atomic mass is 32.1. The standard InChI is InChI=1S/C26H25F3N2O4S/c1-13(2)24-21(36-26(30-24)16-7-5-4-6-15(16)23(27)25(28)29)9-8-18-17-10-14(3)19(34-12-22(32)33)11-20(17)35-31-18/h4-7,10-11,13,23,25H,8-9,12H2,1-3H3,(H,32,33). The molecule has 2 aromatic heterocycles. The van der Waals surface area contributed by atoms with Crippen LogP contribution in [-0.4, -0.2) is 34.2 Å². The molecule has 1 unspecified atom stereocenters. The Hall–Kier alpha value is -3.40. The summed E-state index contributed by atoms with van der Waals surface area (Å²) in [6, 6.07) is 9.70. The van der Waals surface area contributed by atoms with E-state index in [-0.39, 0.29) is 11.5 Å². The molecule has 10 heteroatoms. The van der Waals surface area contributed by atoms with Gasteiger partial charge in [-0.2, -0.15) is 0 Å². The molecule has 0 aliphatic carbocycles. The van der Waals surface area contributed by atoms with Gasteiger partial charge < -0.3 is 14.4 Å². The van der Waals surface area contributed by atoms with Crippen molar-refractivity contribution in [2.45, 2.75) is 52.1 Å². The number of carboxylic acid groups (broad SMARTS) is 1. The average molecular weight is 519 g/mol. The predicted molar refractivity (Wildman–Crippen MR) is 131 cm³/mol. The van der Waals surface area contributed by atoms with Gasteiger partial charge in [0, 0.05) is 27.5 Å². The molecule has 1 N–H and O–H groups in total. The zero-order chi connectivity index (χ0) is 26.0. The molecule has 0 saturated heterocycles. The molecule has 0 radical (unpaired) electrons. The van der Waals surface area contributed by atoms with Crippen LogP contribution >= 0.6 is 11.3 Å². The maximum absolute atomic E-state index is 14.3. The second-order valence-corrected chi connectivity index (χ2v) is 9.81. The SMILES string of the molecule is Cc1cc2c(CCc3sc(-c4ccccc4C(F)C(F)F)nc3C(C)C)noc2cc1OCC(=O)O. The maximum atomic E-state index is 14.3. The second-order valence-electron chi connectivity index (χ2n) is 8.73. The lowest BCUT2D eigenvalue weighted by molar-refractivity contribution is -0.139. The van der Waals surface area contributed by atoms with Gasteiger partial charge in [0.1, 0.15) is 10.8 Å². The number of benzene rings is 2. The molecule has 2 heterocycles. The summed E-state index contributed by atoms with van der Waals surface area (Å²) >= 11 is 1.37. The van der Waals surface area contributed by atoms with Crippen molar-refractivity contribution in [1.29, 1.82) is 0 Å². The summed E-state index contributed by atoms with van der Waals surface area (Å²) in [5.41, 5.74) is 3.12. The molecule has 2 aromatic carbocycles.